The first kappa shape index (κ1) is 14.3. The molecular formula is C15H23NO3. The monoisotopic (exact) mass is 265 g/mol. The summed E-state index contributed by atoms with van der Waals surface area (Å²) in [5, 5.41) is 0. The first-order chi connectivity index (χ1) is 9.38. The van der Waals surface area contributed by atoms with E-state index >= 15 is 0 Å². The summed E-state index contributed by atoms with van der Waals surface area (Å²) in [6, 6.07) is 7.89. The molecule has 1 aromatic rings. The van der Waals surface area contributed by atoms with E-state index in [0.29, 0.717) is 25.9 Å². The van der Waals surface area contributed by atoms with Gasteiger partial charge in [0.2, 0.25) is 0 Å². The molecule has 0 spiro atoms. The zero-order valence-corrected chi connectivity index (χ0v) is 11.3. The first-order valence-electron chi connectivity index (χ1n) is 6.99. The molecule has 0 saturated carbocycles. The Balaban J connectivity index is 1.53. The standard InChI is InChI=1S/C15H23NO3/c16-11-13-4-1-5-14(10-13)18-9-3-7-17-12-15-6-2-8-19-15/h1,4-5,10,15H,2-3,6-9,11-12,16H2. The summed E-state index contributed by atoms with van der Waals surface area (Å²) in [5.74, 6) is 0.877. The van der Waals surface area contributed by atoms with Gasteiger partial charge in [-0.25, -0.2) is 0 Å². The fourth-order valence-electron chi connectivity index (χ4n) is 2.10. The summed E-state index contributed by atoms with van der Waals surface area (Å²) < 4.78 is 16.7. The molecule has 4 nitrogen and oxygen atoms in total. The number of ether oxygens (including phenoxy) is 3. The van der Waals surface area contributed by atoms with Crippen LogP contribution in [-0.2, 0) is 16.0 Å². The minimum atomic E-state index is 0.308. The molecular weight excluding hydrogens is 242 g/mol. The van der Waals surface area contributed by atoms with Gasteiger partial charge in [0.25, 0.3) is 0 Å². The molecule has 4 heteroatoms. The highest BCUT2D eigenvalue weighted by molar-refractivity contribution is 5.28. The molecule has 1 fully saturated rings. The highest BCUT2D eigenvalue weighted by Crippen LogP contribution is 2.13. The third-order valence-electron chi connectivity index (χ3n) is 3.16. The lowest BCUT2D eigenvalue weighted by Gasteiger charge is -2.10. The quantitative estimate of drug-likeness (QED) is 0.731. The fourth-order valence-corrected chi connectivity index (χ4v) is 2.10. The van der Waals surface area contributed by atoms with Crippen LogP contribution in [0.25, 0.3) is 0 Å². The van der Waals surface area contributed by atoms with Crippen LogP contribution in [0.2, 0.25) is 0 Å². The summed E-state index contributed by atoms with van der Waals surface area (Å²) in [6.07, 6.45) is 3.48. The van der Waals surface area contributed by atoms with Gasteiger partial charge in [0.05, 0.1) is 19.3 Å². The van der Waals surface area contributed by atoms with Crippen molar-refractivity contribution in [1.29, 1.82) is 0 Å². The summed E-state index contributed by atoms with van der Waals surface area (Å²) in [4.78, 5) is 0. The maximum atomic E-state index is 5.65. The highest BCUT2D eigenvalue weighted by Gasteiger charge is 2.14. The van der Waals surface area contributed by atoms with Crippen LogP contribution < -0.4 is 10.5 Å². The molecule has 1 unspecified atom stereocenters. The lowest BCUT2D eigenvalue weighted by molar-refractivity contribution is 0.0141. The maximum absolute atomic E-state index is 5.65. The van der Waals surface area contributed by atoms with E-state index in [0.717, 1.165) is 43.8 Å². The van der Waals surface area contributed by atoms with Crippen LogP contribution in [0.3, 0.4) is 0 Å². The van der Waals surface area contributed by atoms with Gasteiger partial charge in [-0.2, -0.15) is 0 Å². The van der Waals surface area contributed by atoms with Crippen molar-refractivity contribution in [1.82, 2.24) is 0 Å². The van der Waals surface area contributed by atoms with Gasteiger partial charge in [0, 0.05) is 26.2 Å². The molecule has 0 radical (unpaired) electrons. The van der Waals surface area contributed by atoms with Gasteiger partial charge in [-0.3, -0.25) is 0 Å². The SMILES string of the molecule is NCc1cccc(OCCCOCC2CCCO2)c1. The molecule has 19 heavy (non-hydrogen) atoms. The van der Waals surface area contributed by atoms with Gasteiger partial charge in [-0.15, -0.1) is 0 Å². The van der Waals surface area contributed by atoms with E-state index in [9.17, 15) is 0 Å². The van der Waals surface area contributed by atoms with Crippen LogP contribution in [0, 0.1) is 0 Å². The number of hydrogen-bond acceptors (Lipinski definition) is 4. The molecule has 2 rings (SSSR count). The van der Waals surface area contributed by atoms with E-state index in [1.165, 1.54) is 0 Å². The van der Waals surface area contributed by atoms with Crippen molar-refractivity contribution in [2.45, 2.75) is 31.9 Å². The van der Waals surface area contributed by atoms with Crippen LogP contribution in [0.1, 0.15) is 24.8 Å². The summed E-state index contributed by atoms with van der Waals surface area (Å²) in [7, 11) is 0. The number of nitrogens with two attached hydrogens (primary N) is 1. The second-order valence-electron chi connectivity index (χ2n) is 4.76. The molecule has 1 aliphatic rings. The predicted octanol–water partition coefficient (Wildman–Crippen LogP) is 2.11. The van der Waals surface area contributed by atoms with Crippen LogP contribution in [-0.4, -0.2) is 32.5 Å². The lowest BCUT2D eigenvalue weighted by atomic mass is 10.2. The van der Waals surface area contributed by atoms with Crippen LogP contribution in [0.15, 0.2) is 24.3 Å². The largest absolute Gasteiger partial charge is 0.493 e. The van der Waals surface area contributed by atoms with Crippen LogP contribution in [0.4, 0.5) is 0 Å². The van der Waals surface area contributed by atoms with E-state index in [1.807, 2.05) is 24.3 Å². The van der Waals surface area contributed by atoms with Gasteiger partial charge in [0.1, 0.15) is 5.75 Å². The van der Waals surface area contributed by atoms with Crippen molar-refractivity contribution in [2.75, 3.05) is 26.4 Å². The molecule has 1 heterocycles. The zero-order valence-electron chi connectivity index (χ0n) is 11.3. The number of hydrogen-bond donors (Lipinski definition) is 1. The van der Waals surface area contributed by atoms with Crippen molar-refractivity contribution in [3.8, 4) is 5.75 Å². The Bertz CT molecular complexity index is 364. The Kier molecular flexibility index (Phi) is 6.14. The van der Waals surface area contributed by atoms with Crippen molar-refractivity contribution in [2.24, 2.45) is 5.73 Å². The Labute approximate surface area is 114 Å². The van der Waals surface area contributed by atoms with Crippen molar-refractivity contribution < 1.29 is 14.2 Å². The van der Waals surface area contributed by atoms with E-state index in [4.69, 9.17) is 19.9 Å². The Hall–Kier alpha value is -1.10. The Morgan fingerprint density at radius 2 is 2.26 bits per heavy atom. The fraction of sp³-hybridized carbons (Fsp3) is 0.600. The average molecular weight is 265 g/mol. The summed E-state index contributed by atoms with van der Waals surface area (Å²) in [6.45, 7) is 3.52. The van der Waals surface area contributed by atoms with E-state index in [1.54, 1.807) is 0 Å². The van der Waals surface area contributed by atoms with E-state index in [2.05, 4.69) is 0 Å². The number of benzene rings is 1. The van der Waals surface area contributed by atoms with Gasteiger partial charge in [-0.1, -0.05) is 12.1 Å². The second kappa shape index (κ2) is 8.15. The van der Waals surface area contributed by atoms with E-state index in [-0.39, 0.29) is 0 Å². The van der Waals surface area contributed by atoms with Gasteiger partial charge in [-0.05, 0) is 30.5 Å². The van der Waals surface area contributed by atoms with Crippen LogP contribution >= 0.6 is 0 Å². The molecule has 1 aliphatic heterocycles. The minimum Gasteiger partial charge on any atom is -0.493 e. The average Bonchev–Trinajstić information content (AvgIpc) is 2.96. The van der Waals surface area contributed by atoms with E-state index < -0.39 is 0 Å². The lowest BCUT2D eigenvalue weighted by Crippen LogP contribution is -2.15. The van der Waals surface area contributed by atoms with Gasteiger partial charge >= 0.3 is 0 Å². The molecule has 0 bridgehead atoms. The van der Waals surface area contributed by atoms with Crippen molar-refractivity contribution in [3.63, 3.8) is 0 Å². The van der Waals surface area contributed by atoms with Crippen molar-refractivity contribution >= 4 is 0 Å². The maximum Gasteiger partial charge on any atom is 0.119 e. The van der Waals surface area contributed by atoms with Crippen molar-refractivity contribution in [3.05, 3.63) is 29.8 Å². The normalized spacial score (nSPS) is 18.7. The smallest absolute Gasteiger partial charge is 0.119 e. The highest BCUT2D eigenvalue weighted by atomic mass is 16.5. The molecule has 0 amide bonds. The Morgan fingerprint density at radius 1 is 1.32 bits per heavy atom. The molecule has 2 N–H and O–H groups in total. The number of rotatable bonds is 8. The molecule has 0 aromatic heterocycles. The molecule has 1 saturated heterocycles. The third kappa shape index (κ3) is 5.19. The molecule has 1 aromatic carbocycles. The molecule has 0 aliphatic carbocycles. The Morgan fingerprint density at radius 3 is 3.05 bits per heavy atom. The van der Waals surface area contributed by atoms with Gasteiger partial charge < -0.3 is 19.9 Å². The minimum absolute atomic E-state index is 0.308. The predicted molar refractivity (Wildman–Crippen MR) is 74.2 cm³/mol. The van der Waals surface area contributed by atoms with Crippen LogP contribution in [0.5, 0.6) is 5.75 Å². The first-order valence-corrected chi connectivity index (χ1v) is 6.99. The third-order valence-corrected chi connectivity index (χ3v) is 3.16. The summed E-state index contributed by atoms with van der Waals surface area (Å²) in [5.41, 5.74) is 6.68. The molecule has 106 valence electrons. The summed E-state index contributed by atoms with van der Waals surface area (Å²) >= 11 is 0. The topological polar surface area (TPSA) is 53.7 Å². The second-order valence-corrected chi connectivity index (χ2v) is 4.76. The molecule has 1 atom stereocenters. The zero-order chi connectivity index (χ0) is 13.3. The van der Waals surface area contributed by atoms with Gasteiger partial charge in [0.15, 0.2) is 0 Å².